The van der Waals surface area contributed by atoms with E-state index in [0.29, 0.717) is 0 Å². The maximum absolute atomic E-state index is 11.6. The molecular formula is C10H20O2Si. The molecule has 0 fully saturated rings. The highest BCUT2D eigenvalue weighted by Crippen LogP contribution is 2.27. The molecule has 0 aliphatic rings. The molecule has 0 aromatic carbocycles. The van der Waals surface area contributed by atoms with Gasteiger partial charge in [0.05, 0.1) is 0 Å². The fourth-order valence-electron chi connectivity index (χ4n) is 1.46. The van der Waals surface area contributed by atoms with Crippen LogP contribution in [0.3, 0.4) is 0 Å². The number of allylic oxidation sites excluding steroid dienone is 2. The molecule has 0 saturated carbocycles. The van der Waals surface area contributed by atoms with Crippen LogP contribution in [0.2, 0.25) is 18.6 Å². The largest absolute Gasteiger partial charge is 0.420 e. The molecule has 0 bridgehead atoms. The maximum atomic E-state index is 11.6. The van der Waals surface area contributed by atoms with Gasteiger partial charge < -0.3 is 4.43 Å². The minimum absolute atomic E-state index is 0.0914. The minimum atomic E-state index is -1.81. The summed E-state index contributed by atoms with van der Waals surface area (Å²) in [5.41, 5.74) is 0.0914. The smallest absolute Gasteiger partial charge is 0.196 e. The number of hydrogen-bond donors (Lipinski definition) is 0. The van der Waals surface area contributed by atoms with Crippen molar-refractivity contribution in [1.29, 1.82) is 0 Å². The van der Waals surface area contributed by atoms with E-state index in [1.165, 1.54) is 0 Å². The van der Waals surface area contributed by atoms with E-state index in [0.717, 1.165) is 6.42 Å². The molecule has 76 valence electrons. The third-order valence-electron chi connectivity index (χ3n) is 2.45. The number of rotatable bonds is 5. The second-order valence-corrected chi connectivity index (χ2v) is 7.98. The standard InChI is InChI=1S/C10H20O2Si/c1-6-8-9(11)10(7-2)13(4,5)12-3/h6,8,10H,7H2,1-5H3. The van der Waals surface area contributed by atoms with E-state index in [4.69, 9.17) is 4.43 Å². The molecule has 2 nitrogen and oxygen atoms in total. The summed E-state index contributed by atoms with van der Waals surface area (Å²) in [6, 6.07) is 0. The average molecular weight is 200 g/mol. The summed E-state index contributed by atoms with van der Waals surface area (Å²) < 4.78 is 5.44. The highest BCUT2D eigenvalue weighted by atomic mass is 28.4. The van der Waals surface area contributed by atoms with Crippen LogP contribution in [-0.4, -0.2) is 21.2 Å². The van der Waals surface area contributed by atoms with Crippen molar-refractivity contribution >= 4 is 14.1 Å². The van der Waals surface area contributed by atoms with E-state index < -0.39 is 8.32 Å². The molecule has 13 heavy (non-hydrogen) atoms. The van der Waals surface area contributed by atoms with Crippen molar-refractivity contribution in [3.05, 3.63) is 12.2 Å². The van der Waals surface area contributed by atoms with Gasteiger partial charge in [-0.15, -0.1) is 0 Å². The van der Waals surface area contributed by atoms with Gasteiger partial charge in [-0.2, -0.15) is 0 Å². The summed E-state index contributed by atoms with van der Waals surface area (Å²) in [6.45, 7) is 8.08. The van der Waals surface area contributed by atoms with Crippen LogP contribution in [-0.2, 0) is 9.22 Å². The second-order valence-electron chi connectivity index (χ2n) is 3.67. The molecule has 3 heteroatoms. The molecule has 0 amide bonds. The summed E-state index contributed by atoms with van der Waals surface area (Å²) in [5.74, 6) is 0.212. The van der Waals surface area contributed by atoms with E-state index in [1.807, 2.05) is 13.8 Å². The first kappa shape index (κ1) is 12.6. The fraction of sp³-hybridized carbons (Fsp3) is 0.700. The normalized spacial score (nSPS) is 14.8. The van der Waals surface area contributed by atoms with Crippen LogP contribution in [0.25, 0.3) is 0 Å². The van der Waals surface area contributed by atoms with Gasteiger partial charge in [0.2, 0.25) is 0 Å². The van der Waals surface area contributed by atoms with Gasteiger partial charge in [0.15, 0.2) is 14.1 Å². The first-order chi connectivity index (χ1) is 5.99. The molecule has 1 atom stereocenters. The van der Waals surface area contributed by atoms with Crippen molar-refractivity contribution in [3.8, 4) is 0 Å². The topological polar surface area (TPSA) is 26.3 Å². The van der Waals surface area contributed by atoms with Crippen LogP contribution in [0.1, 0.15) is 20.3 Å². The lowest BCUT2D eigenvalue weighted by Crippen LogP contribution is -2.38. The number of ketones is 1. The zero-order valence-corrected chi connectivity index (χ0v) is 10.3. The van der Waals surface area contributed by atoms with E-state index >= 15 is 0 Å². The lowest BCUT2D eigenvalue weighted by Gasteiger charge is -2.27. The van der Waals surface area contributed by atoms with Crippen molar-refractivity contribution in [2.24, 2.45) is 0 Å². The predicted molar refractivity (Wildman–Crippen MR) is 58.4 cm³/mol. The second kappa shape index (κ2) is 5.35. The van der Waals surface area contributed by atoms with Gasteiger partial charge in [0, 0.05) is 12.7 Å². The van der Waals surface area contributed by atoms with Crippen LogP contribution in [0.4, 0.5) is 0 Å². The molecule has 0 aromatic rings. The van der Waals surface area contributed by atoms with Crippen molar-refractivity contribution in [3.63, 3.8) is 0 Å². The Bertz CT molecular complexity index is 197. The van der Waals surface area contributed by atoms with Gasteiger partial charge in [-0.1, -0.05) is 13.0 Å². The third-order valence-corrected chi connectivity index (χ3v) is 5.87. The van der Waals surface area contributed by atoms with Gasteiger partial charge in [-0.25, -0.2) is 0 Å². The van der Waals surface area contributed by atoms with Gasteiger partial charge in [0.25, 0.3) is 0 Å². The SMILES string of the molecule is CC=CC(=O)C(CC)[Si](C)(C)OC. The van der Waals surface area contributed by atoms with Crippen molar-refractivity contribution in [2.75, 3.05) is 7.11 Å². The molecule has 0 saturated heterocycles. The third kappa shape index (κ3) is 3.44. The Morgan fingerprint density at radius 1 is 1.54 bits per heavy atom. The number of carbonyl (C=O) groups is 1. The molecule has 1 unspecified atom stereocenters. The molecule has 0 N–H and O–H groups in total. The summed E-state index contributed by atoms with van der Waals surface area (Å²) in [7, 11) is -0.102. The van der Waals surface area contributed by atoms with Crippen molar-refractivity contribution in [2.45, 2.75) is 38.9 Å². The molecule has 0 rings (SSSR count). The molecule has 0 radical (unpaired) electrons. The van der Waals surface area contributed by atoms with Crippen LogP contribution in [0.15, 0.2) is 12.2 Å². The van der Waals surface area contributed by atoms with Crippen molar-refractivity contribution < 1.29 is 9.22 Å². The Kier molecular flexibility index (Phi) is 5.18. The highest BCUT2D eigenvalue weighted by Gasteiger charge is 2.35. The van der Waals surface area contributed by atoms with E-state index in [9.17, 15) is 4.79 Å². The van der Waals surface area contributed by atoms with E-state index in [2.05, 4.69) is 13.1 Å². The number of carbonyl (C=O) groups excluding carboxylic acids is 1. The van der Waals surface area contributed by atoms with Crippen LogP contribution in [0, 0.1) is 0 Å². The average Bonchev–Trinajstić information content (AvgIpc) is 2.05. The van der Waals surface area contributed by atoms with Crippen LogP contribution >= 0.6 is 0 Å². The predicted octanol–water partition coefficient (Wildman–Crippen LogP) is 2.76. The Hall–Kier alpha value is -0.413. The molecular weight excluding hydrogens is 180 g/mol. The van der Waals surface area contributed by atoms with E-state index in [-0.39, 0.29) is 11.3 Å². The Balaban J connectivity index is 4.59. The zero-order valence-electron chi connectivity index (χ0n) is 9.26. The van der Waals surface area contributed by atoms with Crippen molar-refractivity contribution in [1.82, 2.24) is 0 Å². The molecule has 0 aromatic heterocycles. The van der Waals surface area contributed by atoms with E-state index in [1.54, 1.807) is 19.3 Å². The monoisotopic (exact) mass is 200 g/mol. The molecule has 0 aliphatic heterocycles. The van der Waals surface area contributed by atoms with Crippen LogP contribution in [0.5, 0.6) is 0 Å². The highest BCUT2D eigenvalue weighted by molar-refractivity contribution is 6.76. The maximum Gasteiger partial charge on any atom is 0.196 e. The van der Waals surface area contributed by atoms with Gasteiger partial charge >= 0.3 is 0 Å². The quantitative estimate of drug-likeness (QED) is 0.504. The van der Waals surface area contributed by atoms with Gasteiger partial charge in [-0.05, 0) is 32.5 Å². The Morgan fingerprint density at radius 2 is 2.08 bits per heavy atom. The Labute approximate surface area is 82.1 Å². The summed E-state index contributed by atoms with van der Waals surface area (Å²) >= 11 is 0. The Morgan fingerprint density at radius 3 is 2.38 bits per heavy atom. The minimum Gasteiger partial charge on any atom is -0.420 e. The van der Waals surface area contributed by atoms with Gasteiger partial charge in [0.1, 0.15) is 0 Å². The first-order valence-electron chi connectivity index (χ1n) is 4.71. The summed E-state index contributed by atoms with van der Waals surface area (Å²) in [5, 5.41) is 0. The molecule has 0 spiro atoms. The first-order valence-corrected chi connectivity index (χ1v) is 7.69. The summed E-state index contributed by atoms with van der Waals surface area (Å²) in [4.78, 5) is 11.6. The van der Waals surface area contributed by atoms with Crippen LogP contribution < -0.4 is 0 Å². The molecule has 0 heterocycles. The number of hydrogen-bond acceptors (Lipinski definition) is 2. The van der Waals surface area contributed by atoms with Gasteiger partial charge in [-0.3, -0.25) is 4.79 Å². The molecule has 0 aliphatic carbocycles. The summed E-state index contributed by atoms with van der Waals surface area (Å²) in [6.07, 6.45) is 4.32. The lowest BCUT2D eigenvalue weighted by molar-refractivity contribution is -0.114. The zero-order chi connectivity index (χ0) is 10.5. The lowest BCUT2D eigenvalue weighted by atomic mass is 10.2. The fourth-order valence-corrected chi connectivity index (χ4v) is 3.51.